The molecule has 2 fully saturated rings. The van der Waals surface area contributed by atoms with Gasteiger partial charge in [0, 0.05) is 32.2 Å². The van der Waals surface area contributed by atoms with Gasteiger partial charge in [-0.15, -0.1) is 0 Å². The summed E-state index contributed by atoms with van der Waals surface area (Å²) in [7, 11) is -3.24. The third kappa shape index (κ3) is 3.68. The van der Waals surface area contributed by atoms with Gasteiger partial charge in [0.25, 0.3) is 10.2 Å². The van der Waals surface area contributed by atoms with Crippen molar-refractivity contribution in [3.05, 3.63) is 0 Å². The van der Waals surface area contributed by atoms with Crippen molar-refractivity contribution in [3.8, 4) is 0 Å². The minimum absolute atomic E-state index is 0.315. The van der Waals surface area contributed by atoms with Gasteiger partial charge in [-0.2, -0.15) is 17.0 Å². The molecule has 2 aliphatic rings. The lowest BCUT2D eigenvalue weighted by atomic mass is 10.0. The van der Waals surface area contributed by atoms with Crippen LogP contribution in [0.15, 0.2) is 0 Å². The van der Waals surface area contributed by atoms with Crippen LogP contribution < -0.4 is 5.32 Å². The summed E-state index contributed by atoms with van der Waals surface area (Å²) in [4.78, 5) is 0. The summed E-state index contributed by atoms with van der Waals surface area (Å²) in [5, 5.41) is 3.37. The van der Waals surface area contributed by atoms with E-state index in [1.54, 1.807) is 8.61 Å². The molecule has 2 atom stereocenters. The van der Waals surface area contributed by atoms with Crippen molar-refractivity contribution in [1.82, 2.24) is 13.9 Å². The summed E-state index contributed by atoms with van der Waals surface area (Å²) in [5.41, 5.74) is 0. The molecule has 0 bridgehead atoms. The number of hydrogen-bond donors (Lipinski definition) is 1. The molecule has 0 aliphatic carbocycles. The third-order valence-electron chi connectivity index (χ3n) is 4.15. The number of hydrogen-bond acceptors (Lipinski definition) is 3. The zero-order chi connectivity index (χ0) is 13.9. The molecule has 2 heterocycles. The first-order chi connectivity index (χ1) is 9.04. The molecule has 0 spiro atoms. The quantitative estimate of drug-likeness (QED) is 0.841. The predicted molar refractivity (Wildman–Crippen MR) is 77.2 cm³/mol. The first-order valence-electron chi connectivity index (χ1n) is 7.52. The first-order valence-corrected chi connectivity index (χ1v) is 8.92. The van der Waals surface area contributed by atoms with E-state index in [0.717, 1.165) is 32.2 Å². The Morgan fingerprint density at radius 2 is 1.74 bits per heavy atom. The second-order valence-electron chi connectivity index (χ2n) is 5.87. The van der Waals surface area contributed by atoms with Gasteiger partial charge in [-0.05, 0) is 38.1 Å². The topological polar surface area (TPSA) is 52.7 Å². The Morgan fingerprint density at radius 3 is 2.37 bits per heavy atom. The molecule has 112 valence electrons. The summed E-state index contributed by atoms with van der Waals surface area (Å²) in [5.74, 6) is 0.484. The van der Waals surface area contributed by atoms with Crippen molar-refractivity contribution in [2.24, 2.45) is 5.92 Å². The van der Waals surface area contributed by atoms with E-state index in [0.29, 0.717) is 38.1 Å². The van der Waals surface area contributed by atoms with Crippen molar-refractivity contribution >= 4 is 10.2 Å². The molecule has 2 saturated heterocycles. The lowest BCUT2D eigenvalue weighted by Crippen LogP contribution is -2.53. The number of nitrogens with zero attached hydrogens (tertiary/aromatic N) is 2. The third-order valence-corrected chi connectivity index (χ3v) is 6.12. The highest BCUT2D eigenvalue weighted by molar-refractivity contribution is 7.86. The molecular weight excluding hydrogens is 262 g/mol. The predicted octanol–water partition coefficient (Wildman–Crippen LogP) is 1.04. The lowest BCUT2D eigenvalue weighted by Gasteiger charge is -2.38. The van der Waals surface area contributed by atoms with Crippen LogP contribution >= 0.6 is 0 Å². The van der Waals surface area contributed by atoms with E-state index in [2.05, 4.69) is 19.2 Å². The number of nitrogens with one attached hydrogen (secondary N) is 1. The molecule has 0 aromatic heterocycles. The Labute approximate surface area is 117 Å². The van der Waals surface area contributed by atoms with E-state index >= 15 is 0 Å². The maximum atomic E-state index is 12.7. The minimum Gasteiger partial charge on any atom is -0.313 e. The number of piperidine rings is 2. The zero-order valence-corrected chi connectivity index (χ0v) is 13.0. The molecule has 19 heavy (non-hydrogen) atoms. The van der Waals surface area contributed by atoms with Gasteiger partial charge < -0.3 is 5.32 Å². The highest BCUT2D eigenvalue weighted by Gasteiger charge is 2.35. The fourth-order valence-electron chi connectivity index (χ4n) is 3.13. The average molecular weight is 289 g/mol. The molecule has 2 aliphatic heterocycles. The summed E-state index contributed by atoms with van der Waals surface area (Å²) < 4.78 is 28.7. The molecule has 6 heteroatoms. The normalized spacial score (nSPS) is 31.5. The van der Waals surface area contributed by atoms with Crippen LogP contribution in [-0.4, -0.2) is 55.8 Å². The SMILES string of the molecule is CCNC1CCCN(S(=O)(=O)N2CCCC(C)C2)C1. The molecule has 5 nitrogen and oxygen atoms in total. The van der Waals surface area contributed by atoms with Crippen LogP contribution in [0.25, 0.3) is 0 Å². The van der Waals surface area contributed by atoms with Crippen LogP contribution in [0.4, 0.5) is 0 Å². The summed E-state index contributed by atoms with van der Waals surface area (Å²) in [6.07, 6.45) is 4.17. The van der Waals surface area contributed by atoms with E-state index in [1.165, 1.54) is 0 Å². The number of rotatable bonds is 4. The van der Waals surface area contributed by atoms with Crippen LogP contribution in [0.5, 0.6) is 0 Å². The molecule has 2 unspecified atom stereocenters. The second kappa shape index (κ2) is 6.52. The fourth-order valence-corrected chi connectivity index (χ4v) is 4.98. The Kier molecular flexibility index (Phi) is 5.22. The van der Waals surface area contributed by atoms with Gasteiger partial charge in [-0.1, -0.05) is 13.8 Å². The summed E-state index contributed by atoms with van der Waals surface area (Å²) in [6.45, 7) is 7.79. The average Bonchev–Trinajstić information content (AvgIpc) is 2.39. The van der Waals surface area contributed by atoms with Crippen molar-refractivity contribution in [1.29, 1.82) is 0 Å². The Bertz CT molecular complexity index is 383. The zero-order valence-electron chi connectivity index (χ0n) is 12.1. The van der Waals surface area contributed by atoms with E-state index < -0.39 is 10.2 Å². The van der Waals surface area contributed by atoms with Gasteiger partial charge in [0.05, 0.1) is 0 Å². The first kappa shape index (κ1) is 15.2. The standard InChI is InChI=1S/C13H27N3O2S/c1-3-14-13-7-5-9-16(11-13)19(17,18)15-8-4-6-12(2)10-15/h12-14H,3-11H2,1-2H3. The molecule has 0 radical (unpaired) electrons. The Balaban J connectivity index is 2.02. The monoisotopic (exact) mass is 289 g/mol. The molecule has 0 saturated carbocycles. The van der Waals surface area contributed by atoms with Crippen LogP contribution in [0, 0.1) is 5.92 Å². The van der Waals surface area contributed by atoms with E-state index in [4.69, 9.17) is 0 Å². The lowest BCUT2D eigenvalue weighted by molar-refractivity contribution is 0.232. The largest absolute Gasteiger partial charge is 0.313 e. The van der Waals surface area contributed by atoms with Crippen LogP contribution in [0.1, 0.15) is 39.5 Å². The maximum Gasteiger partial charge on any atom is 0.282 e. The highest BCUT2D eigenvalue weighted by Crippen LogP contribution is 2.23. The van der Waals surface area contributed by atoms with Crippen molar-refractivity contribution < 1.29 is 8.42 Å². The van der Waals surface area contributed by atoms with Gasteiger partial charge in [-0.25, -0.2) is 0 Å². The van der Waals surface area contributed by atoms with Crippen LogP contribution in [-0.2, 0) is 10.2 Å². The highest BCUT2D eigenvalue weighted by atomic mass is 32.2. The van der Waals surface area contributed by atoms with E-state index in [-0.39, 0.29) is 0 Å². The van der Waals surface area contributed by atoms with Crippen molar-refractivity contribution in [2.45, 2.75) is 45.6 Å². The Morgan fingerprint density at radius 1 is 1.11 bits per heavy atom. The second-order valence-corrected chi connectivity index (χ2v) is 7.80. The smallest absolute Gasteiger partial charge is 0.282 e. The Hall–Kier alpha value is -0.170. The van der Waals surface area contributed by atoms with Crippen LogP contribution in [0.2, 0.25) is 0 Å². The maximum absolute atomic E-state index is 12.7. The molecule has 0 amide bonds. The molecule has 1 N–H and O–H groups in total. The van der Waals surface area contributed by atoms with Crippen molar-refractivity contribution in [2.75, 3.05) is 32.7 Å². The molecule has 2 rings (SSSR count). The van der Waals surface area contributed by atoms with Gasteiger partial charge in [0.1, 0.15) is 0 Å². The molecule has 0 aromatic rings. The fraction of sp³-hybridized carbons (Fsp3) is 1.00. The summed E-state index contributed by atoms with van der Waals surface area (Å²) >= 11 is 0. The van der Waals surface area contributed by atoms with E-state index in [9.17, 15) is 8.42 Å². The van der Waals surface area contributed by atoms with Gasteiger partial charge in [-0.3, -0.25) is 0 Å². The molecular formula is C13H27N3O2S. The van der Waals surface area contributed by atoms with E-state index in [1.807, 2.05) is 0 Å². The summed E-state index contributed by atoms with van der Waals surface area (Å²) in [6, 6.07) is 0.315. The van der Waals surface area contributed by atoms with Gasteiger partial charge in [0.15, 0.2) is 0 Å². The number of likely N-dealkylation sites (N-methyl/N-ethyl adjacent to an activating group) is 1. The van der Waals surface area contributed by atoms with Gasteiger partial charge >= 0.3 is 0 Å². The van der Waals surface area contributed by atoms with Crippen LogP contribution in [0.3, 0.4) is 0 Å². The molecule has 0 aromatic carbocycles. The minimum atomic E-state index is -3.24. The van der Waals surface area contributed by atoms with Gasteiger partial charge in [0.2, 0.25) is 0 Å². The van der Waals surface area contributed by atoms with Crippen molar-refractivity contribution in [3.63, 3.8) is 0 Å².